The van der Waals surface area contributed by atoms with E-state index >= 15 is 0 Å². The molecular formula is C66H84N12O6. The molecule has 9 rings (SSSR count). The van der Waals surface area contributed by atoms with Crippen LogP contribution in [0.5, 0.6) is 0 Å². The molecule has 1 aliphatic heterocycles. The molecule has 4 N–H and O–H groups in total. The molecule has 2 unspecified atom stereocenters. The van der Waals surface area contributed by atoms with Crippen LogP contribution < -0.4 is 41.4 Å². The minimum absolute atomic E-state index is 0.0146. The fourth-order valence-electron chi connectivity index (χ4n) is 11.7. The summed E-state index contributed by atoms with van der Waals surface area (Å²) in [6, 6.07) is 19.9. The van der Waals surface area contributed by atoms with E-state index in [0.29, 0.717) is 88.0 Å². The van der Waals surface area contributed by atoms with E-state index in [-0.39, 0.29) is 65.6 Å². The SMILES string of the molecule is CCN(C(=O)C1CC1)c1cc(-c2ccc(N3CCN(C(C)C)CC3)nc2)cc(C(=O)NCc2c(CC3CC3C(=O)N(CC)c3cc(-c4ccc(N(C)CCN(C)C)nc4)cc(C(=O)NCc4c(C)cc(C)[nH]c4=O)c3C)cc(C)[nH]c2=O)c1C. The lowest BCUT2D eigenvalue weighted by Crippen LogP contribution is -2.49. The van der Waals surface area contributed by atoms with Gasteiger partial charge >= 0.3 is 0 Å². The lowest BCUT2D eigenvalue weighted by Gasteiger charge is -2.37. The maximum Gasteiger partial charge on any atom is 0.253 e. The van der Waals surface area contributed by atoms with Crippen LogP contribution in [0.3, 0.4) is 0 Å². The van der Waals surface area contributed by atoms with Gasteiger partial charge in [-0.15, -0.1) is 0 Å². The first-order chi connectivity index (χ1) is 40.1. The van der Waals surface area contributed by atoms with Crippen LogP contribution >= 0.6 is 0 Å². The van der Waals surface area contributed by atoms with Crippen molar-refractivity contribution in [2.75, 3.05) is 93.1 Å². The molecule has 1 saturated heterocycles. The maximum absolute atomic E-state index is 14.9. The summed E-state index contributed by atoms with van der Waals surface area (Å²) < 4.78 is 0. The second-order valence-electron chi connectivity index (χ2n) is 23.8. The number of aromatic amines is 2. The number of anilines is 4. The van der Waals surface area contributed by atoms with Gasteiger partial charge in [-0.2, -0.15) is 0 Å². The Labute approximate surface area is 494 Å². The number of pyridine rings is 4. The summed E-state index contributed by atoms with van der Waals surface area (Å²) in [5.41, 5.74) is 9.54. The monoisotopic (exact) mass is 1140 g/mol. The van der Waals surface area contributed by atoms with Gasteiger partial charge in [0.05, 0.1) is 0 Å². The van der Waals surface area contributed by atoms with E-state index in [0.717, 1.165) is 97.3 Å². The average Bonchev–Trinajstić information content (AvgIpc) is 2.00. The lowest BCUT2D eigenvalue weighted by atomic mass is 9.96. The van der Waals surface area contributed by atoms with Crippen molar-refractivity contribution in [3.05, 3.63) is 150 Å². The Bertz CT molecular complexity index is 3540. The van der Waals surface area contributed by atoms with Crippen molar-refractivity contribution in [1.82, 2.24) is 40.4 Å². The van der Waals surface area contributed by atoms with Crippen LogP contribution in [0.25, 0.3) is 22.3 Å². The molecule has 2 atom stereocenters. The molecule has 18 nitrogen and oxygen atoms in total. The molecule has 3 aliphatic rings. The Kier molecular flexibility index (Phi) is 18.7. The highest BCUT2D eigenvalue weighted by Crippen LogP contribution is 2.45. The van der Waals surface area contributed by atoms with Crippen molar-refractivity contribution < 1.29 is 19.2 Å². The van der Waals surface area contributed by atoms with Gasteiger partial charge in [-0.25, -0.2) is 9.97 Å². The van der Waals surface area contributed by atoms with E-state index in [1.165, 1.54) is 0 Å². The van der Waals surface area contributed by atoms with Gasteiger partial charge in [0.25, 0.3) is 22.9 Å². The van der Waals surface area contributed by atoms with E-state index < -0.39 is 0 Å². The maximum atomic E-state index is 14.9. The summed E-state index contributed by atoms with van der Waals surface area (Å²) in [6.07, 6.45) is 6.33. The van der Waals surface area contributed by atoms with Crippen molar-refractivity contribution in [3.63, 3.8) is 0 Å². The van der Waals surface area contributed by atoms with Crippen molar-refractivity contribution in [3.8, 4) is 22.3 Å². The molecule has 18 heteroatoms. The number of likely N-dealkylation sites (N-methyl/N-ethyl adjacent to an activating group) is 2. The molecule has 444 valence electrons. The zero-order valence-electron chi connectivity index (χ0n) is 51.2. The van der Waals surface area contributed by atoms with E-state index in [9.17, 15) is 28.8 Å². The van der Waals surface area contributed by atoms with Crippen molar-refractivity contribution >= 4 is 46.6 Å². The first-order valence-electron chi connectivity index (χ1n) is 29.8. The fraction of sp³-hybridized carbons (Fsp3) is 0.455. The highest BCUT2D eigenvalue weighted by atomic mass is 16.2. The van der Waals surface area contributed by atoms with Crippen LogP contribution in [0.2, 0.25) is 0 Å². The molecule has 4 amide bonds. The third kappa shape index (κ3) is 13.7. The first-order valence-corrected chi connectivity index (χ1v) is 29.8. The molecular weight excluding hydrogens is 1060 g/mol. The van der Waals surface area contributed by atoms with Crippen molar-refractivity contribution in [2.45, 2.75) is 107 Å². The third-order valence-electron chi connectivity index (χ3n) is 17.2. The van der Waals surface area contributed by atoms with Gasteiger partial charge in [0.15, 0.2) is 0 Å². The number of H-pyrrole nitrogens is 2. The predicted molar refractivity (Wildman–Crippen MR) is 334 cm³/mol. The van der Waals surface area contributed by atoms with E-state index in [4.69, 9.17) is 9.97 Å². The average molecular weight is 1140 g/mol. The Morgan fingerprint density at radius 1 is 0.655 bits per heavy atom. The molecule has 2 aromatic carbocycles. The second kappa shape index (κ2) is 25.9. The number of amides is 4. The van der Waals surface area contributed by atoms with Crippen molar-refractivity contribution in [1.29, 1.82) is 0 Å². The van der Waals surface area contributed by atoms with Crippen LogP contribution in [0.4, 0.5) is 23.0 Å². The number of hydrogen-bond donors (Lipinski definition) is 4. The predicted octanol–water partition coefficient (Wildman–Crippen LogP) is 8.11. The summed E-state index contributed by atoms with van der Waals surface area (Å²) in [7, 11) is 6.05. The molecule has 3 fully saturated rings. The number of hydrogen-bond acceptors (Lipinski definition) is 12. The molecule has 6 aromatic rings. The van der Waals surface area contributed by atoms with Crippen molar-refractivity contribution in [2.24, 2.45) is 17.8 Å². The topological polar surface area (TPSA) is 203 Å². The highest BCUT2D eigenvalue weighted by molar-refractivity contribution is 6.04. The van der Waals surface area contributed by atoms with Gasteiger partial charge in [-0.1, -0.05) is 0 Å². The zero-order chi connectivity index (χ0) is 60.3. The summed E-state index contributed by atoms with van der Waals surface area (Å²) in [5.74, 6) is 0.379. The lowest BCUT2D eigenvalue weighted by molar-refractivity contribution is -0.120. The Morgan fingerprint density at radius 2 is 1.20 bits per heavy atom. The third-order valence-corrected chi connectivity index (χ3v) is 17.2. The Hall–Kier alpha value is -7.96. The van der Waals surface area contributed by atoms with Crippen LogP contribution in [0.15, 0.2) is 82.6 Å². The van der Waals surface area contributed by atoms with Crippen LogP contribution in [0, 0.1) is 52.4 Å². The number of benzene rings is 2. The smallest absolute Gasteiger partial charge is 0.253 e. The van der Waals surface area contributed by atoms with Crippen LogP contribution in [-0.4, -0.2) is 133 Å². The largest absolute Gasteiger partial charge is 0.358 e. The molecule has 0 spiro atoms. The quantitative estimate of drug-likeness (QED) is 0.0509. The van der Waals surface area contributed by atoms with Crippen LogP contribution in [-0.2, 0) is 29.1 Å². The van der Waals surface area contributed by atoms with E-state index in [2.05, 4.69) is 54.0 Å². The normalized spacial score (nSPS) is 16.0. The fourth-order valence-corrected chi connectivity index (χ4v) is 11.7. The number of carbonyl (C=O) groups is 4. The Morgan fingerprint density at radius 3 is 1.71 bits per heavy atom. The molecule has 0 radical (unpaired) electrons. The van der Waals surface area contributed by atoms with Gasteiger partial charge < -0.3 is 45.1 Å². The molecule has 2 saturated carbocycles. The van der Waals surface area contributed by atoms with Crippen LogP contribution in [0.1, 0.15) is 112 Å². The molecule has 0 bridgehead atoms. The van der Waals surface area contributed by atoms with Gasteiger partial charge in [0.2, 0.25) is 11.8 Å². The summed E-state index contributed by atoms with van der Waals surface area (Å²) in [4.78, 5) is 113. The number of rotatable bonds is 22. The number of aryl methyl sites for hydroxylation is 3. The number of piperazine rings is 1. The number of aromatic nitrogens is 4. The van der Waals surface area contributed by atoms with E-state index in [1.54, 1.807) is 16.0 Å². The zero-order valence-corrected chi connectivity index (χ0v) is 51.2. The molecule has 4 aromatic heterocycles. The van der Waals surface area contributed by atoms with Gasteiger partial charge in [0, 0.05) is 159 Å². The summed E-state index contributed by atoms with van der Waals surface area (Å²) in [6.45, 7) is 23.6. The highest BCUT2D eigenvalue weighted by Gasteiger charge is 2.45. The van der Waals surface area contributed by atoms with Gasteiger partial charge in [-0.05, 0) is 202 Å². The minimum atomic E-state index is -0.385. The van der Waals surface area contributed by atoms with E-state index in [1.807, 2.05) is 136 Å². The first kappa shape index (κ1) is 60.6. The van der Waals surface area contributed by atoms with Gasteiger partial charge in [-0.3, -0.25) is 33.7 Å². The summed E-state index contributed by atoms with van der Waals surface area (Å²) in [5, 5.41) is 6.08. The number of carbonyl (C=O) groups excluding carboxylic acids is 4. The number of nitrogens with one attached hydrogen (secondary N) is 4. The molecule has 5 heterocycles. The Balaban J connectivity index is 0.954. The molecule has 84 heavy (non-hydrogen) atoms. The summed E-state index contributed by atoms with van der Waals surface area (Å²) >= 11 is 0. The minimum Gasteiger partial charge on any atom is -0.358 e. The standard InChI is InChI=1S/C66H84N12O6/c1-13-77(65(83)45-15-16-45)57-33-48(47-18-20-60(68-36-47)76-25-23-75(24-26-76)39(3)4)30-52(43(57)8)62(80)70-38-56-50(28-42(7)72-64(56)82)29-51-32-54(51)66(84)78(14-2)58-34-49(46-17-19-59(67-35-46)74(12)22-21-73(10)11)31-53(44(58)9)61(79)69-37-55-40(5)27-41(6)71-63(55)81/h17-20,27-28,30-31,33-36,39,45,51,54H,13-16,21-26,29,32,37-38H2,1-12H3,(H,69,79)(H,70,80)(H,71,81)(H,72,82). The van der Waals surface area contributed by atoms with Gasteiger partial charge in [0.1, 0.15) is 11.6 Å². The molecule has 2 aliphatic carbocycles. The number of nitrogens with zero attached hydrogens (tertiary/aromatic N) is 8. The second-order valence-corrected chi connectivity index (χ2v) is 23.8.